The van der Waals surface area contributed by atoms with Crippen LogP contribution in [0.2, 0.25) is 0 Å². The summed E-state index contributed by atoms with van der Waals surface area (Å²) in [6, 6.07) is 14.9. The number of aromatic amines is 1. The van der Waals surface area contributed by atoms with Gasteiger partial charge in [-0.3, -0.25) is 4.79 Å². The topological polar surface area (TPSA) is 86.2 Å². The van der Waals surface area contributed by atoms with Crippen LogP contribution in [0.5, 0.6) is 0 Å². The van der Waals surface area contributed by atoms with Crippen LogP contribution in [-0.4, -0.2) is 40.8 Å². The monoisotopic (exact) mass is 475 g/mol. The lowest BCUT2D eigenvalue weighted by atomic mass is 9.87. The van der Waals surface area contributed by atoms with E-state index in [0.29, 0.717) is 46.9 Å². The summed E-state index contributed by atoms with van der Waals surface area (Å²) in [5, 5.41) is 0. The molecule has 0 bridgehead atoms. The van der Waals surface area contributed by atoms with Crippen LogP contribution in [0.3, 0.4) is 0 Å². The van der Waals surface area contributed by atoms with Crippen LogP contribution < -0.4 is 5.56 Å². The number of aromatic nitrogens is 3. The van der Waals surface area contributed by atoms with E-state index in [9.17, 15) is 9.59 Å². The van der Waals surface area contributed by atoms with Crippen molar-refractivity contribution in [1.82, 2.24) is 14.5 Å². The number of rotatable bonds is 5. The molecule has 2 aromatic heterocycles. The van der Waals surface area contributed by atoms with E-state index in [1.54, 1.807) is 42.5 Å². The molecule has 1 aliphatic rings. The molecule has 0 unspecified atom stereocenters. The zero-order valence-corrected chi connectivity index (χ0v) is 19.8. The molecule has 0 spiro atoms. The summed E-state index contributed by atoms with van der Waals surface area (Å²) in [5.74, 6) is -0.128. The number of carbonyl (C=O) groups excluding carboxylic acids is 1. The molecule has 35 heavy (non-hydrogen) atoms. The third-order valence-electron chi connectivity index (χ3n) is 6.63. The Morgan fingerprint density at radius 3 is 2.74 bits per heavy atom. The fourth-order valence-corrected chi connectivity index (χ4v) is 4.68. The highest BCUT2D eigenvalue weighted by Crippen LogP contribution is 2.40. The summed E-state index contributed by atoms with van der Waals surface area (Å²) < 4.78 is 28.0. The highest BCUT2D eigenvalue weighted by atomic mass is 19.1. The molecular formula is C27H26FN3O4. The van der Waals surface area contributed by atoms with Crippen LogP contribution >= 0.6 is 0 Å². The largest absolute Gasteiger partial charge is 0.465 e. The third kappa shape index (κ3) is 4.25. The summed E-state index contributed by atoms with van der Waals surface area (Å²) in [5.41, 5.74) is 3.13. The van der Waals surface area contributed by atoms with Crippen molar-refractivity contribution in [3.05, 3.63) is 87.7 Å². The first-order valence-electron chi connectivity index (χ1n) is 11.4. The average molecular weight is 476 g/mol. The second-order valence-electron chi connectivity index (χ2n) is 9.52. The van der Waals surface area contributed by atoms with E-state index in [2.05, 4.69) is 23.4 Å². The Bertz CT molecular complexity index is 1490. The van der Waals surface area contributed by atoms with E-state index in [0.717, 1.165) is 5.52 Å². The van der Waals surface area contributed by atoms with Gasteiger partial charge < -0.3 is 19.0 Å². The second-order valence-corrected chi connectivity index (χ2v) is 9.52. The first-order valence-corrected chi connectivity index (χ1v) is 11.4. The van der Waals surface area contributed by atoms with Crippen molar-refractivity contribution < 1.29 is 18.7 Å². The van der Waals surface area contributed by atoms with Crippen LogP contribution in [0.4, 0.5) is 4.39 Å². The number of H-pyrrole nitrogens is 1. The number of methoxy groups -OCH3 is 1. The lowest BCUT2D eigenvalue weighted by molar-refractivity contribution is 0.0601. The molecule has 1 fully saturated rings. The van der Waals surface area contributed by atoms with Crippen molar-refractivity contribution in [3.63, 3.8) is 0 Å². The smallest absolute Gasteiger partial charge is 0.337 e. The standard InChI is InChI=1S/C27H26FN3O4/c1-27(2)15-35-14-23(27)31-22-12-18(26(33)34-3)9-10-21(22)29-24(31)13-16-7-8-17(11-19(16)28)20-5-4-6-25(32)30-20/h4-12,23H,13-15H2,1-3H3,(H,30,32)/t23-/m1/s1. The van der Waals surface area contributed by atoms with E-state index >= 15 is 4.39 Å². The molecule has 5 rings (SSSR count). The van der Waals surface area contributed by atoms with Gasteiger partial charge in [-0.05, 0) is 35.9 Å². The molecule has 0 radical (unpaired) electrons. The van der Waals surface area contributed by atoms with E-state index in [-0.39, 0.29) is 29.3 Å². The fourth-order valence-electron chi connectivity index (χ4n) is 4.68. The van der Waals surface area contributed by atoms with Gasteiger partial charge in [0.25, 0.3) is 0 Å². The van der Waals surface area contributed by atoms with Gasteiger partial charge in [0, 0.05) is 29.2 Å². The van der Waals surface area contributed by atoms with Gasteiger partial charge >= 0.3 is 5.97 Å². The highest BCUT2D eigenvalue weighted by molar-refractivity contribution is 5.93. The Kier molecular flexibility index (Phi) is 5.76. The second kappa shape index (κ2) is 8.78. The Morgan fingerprint density at radius 2 is 2.06 bits per heavy atom. The maximum absolute atomic E-state index is 15.2. The normalized spacial score (nSPS) is 17.1. The molecule has 0 saturated carbocycles. The van der Waals surface area contributed by atoms with Crippen LogP contribution in [-0.2, 0) is 15.9 Å². The first-order chi connectivity index (χ1) is 16.8. The zero-order chi connectivity index (χ0) is 24.7. The number of nitrogens with zero attached hydrogens (tertiary/aromatic N) is 2. The number of carbonyl (C=O) groups is 1. The van der Waals surface area contributed by atoms with Crippen molar-refractivity contribution in [2.75, 3.05) is 20.3 Å². The van der Waals surface area contributed by atoms with Gasteiger partial charge in [0.1, 0.15) is 11.6 Å². The van der Waals surface area contributed by atoms with Crippen molar-refractivity contribution >= 4 is 17.0 Å². The number of hydrogen-bond donors (Lipinski definition) is 1. The van der Waals surface area contributed by atoms with Gasteiger partial charge in [-0.2, -0.15) is 0 Å². The molecule has 180 valence electrons. The fraction of sp³-hybridized carbons (Fsp3) is 0.296. The predicted octanol–water partition coefficient (Wildman–Crippen LogP) is 4.51. The number of pyridine rings is 1. The molecule has 2 aromatic carbocycles. The van der Waals surface area contributed by atoms with Crippen LogP contribution in [0.1, 0.15) is 41.6 Å². The van der Waals surface area contributed by atoms with Crippen LogP contribution in [0, 0.1) is 11.2 Å². The maximum atomic E-state index is 15.2. The maximum Gasteiger partial charge on any atom is 0.337 e. The van der Waals surface area contributed by atoms with Gasteiger partial charge in [-0.1, -0.05) is 32.0 Å². The first kappa shape index (κ1) is 23.0. The molecule has 0 amide bonds. The molecule has 1 saturated heterocycles. The van der Waals surface area contributed by atoms with Crippen molar-refractivity contribution in [2.45, 2.75) is 26.3 Å². The minimum atomic E-state index is -0.427. The predicted molar refractivity (Wildman–Crippen MR) is 130 cm³/mol. The van der Waals surface area contributed by atoms with Crippen molar-refractivity contribution in [1.29, 1.82) is 0 Å². The Hall–Kier alpha value is -3.78. The Morgan fingerprint density at radius 1 is 1.23 bits per heavy atom. The number of hydrogen-bond acceptors (Lipinski definition) is 5. The number of fused-ring (bicyclic) bond motifs is 1. The van der Waals surface area contributed by atoms with Gasteiger partial charge in [0.15, 0.2) is 0 Å². The van der Waals surface area contributed by atoms with Crippen LogP contribution in [0.25, 0.3) is 22.3 Å². The van der Waals surface area contributed by atoms with E-state index in [1.807, 2.05) is 0 Å². The molecule has 0 aliphatic carbocycles. The molecular weight excluding hydrogens is 449 g/mol. The summed E-state index contributed by atoms with van der Waals surface area (Å²) in [7, 11) is 1.35. The molecule has 1 N–H and O–H groups in total. The number of ether oxygens (including phenoxy) is 2. The quantitative estimate of drug-likeness (QED) is 0.430. The van der Waals surface area contributed by atoms with E-state index in [1.165, 1.54) is 19.2 Å². The van der Waals surface area contributed by atoms with Gasteiger partial charge in [-0.25, -0.2) is 14.2 Å². The molecule has 7 nitrogen and oxygen atoms in total. The third-order valence-corrected chi connectivity index (χ3v) is 6.63. The average Bonchev–Trinajstić information content (AvgIpc) is 3.37. The minimum Gasteiger partial charge on any atom is -0.465 e. The Labute approximate surface area is 201 Å². The van der Waals surface area contributed by atoms with E-state index in [4.69, 9.17) is 14.5 Å². The summed E-state index contributed by atoms with van der Waals surface area (Å²) >= 11 is 0. The number of esters is 1. The minimum absolute atomic E-state index is 0.0351. The molecule has 3 heterocycles. The number of halogens is 1. The molecule has 1 aliphatic heterocycles. The van der Waals surface area contributed by atoms with Crippen LogP contribution in [0.15, 0.2) is 59.4 Å². The lowest BCUT2D eigenvalue weighted by Crippen LogP contribution is -2.27. The number of imidazole rings is 1. The highest BCUT2D eigenvalue weighted by Gasteiger charge is 2.39. The number of benzene rings is 2. The van der Waals surface area contributed by atoms with Crippen molar-refractivity contribution in [2.24, 2.45) is 5.41 Å². The SMILES string of the molecule is COC(=O)c1ccc2nc(Cc3ccc(-c4cccc(=O)[nH]4)cc3F)n([C@@H]3COCC3(C)C)c2c1. The molecule has 1 atom stereocenters. The summed E-state index contributed by atoms with van der Waals surface area (Å²) in [6.45, 7) is 5.34. The van der Waals surface area contributed by atoms with Crippen molar-refractivity contribution in [3.8, 4) is 11.3 Å². The Balaban J connectivity index is 1.59. The number of nitrogens with one attached hydrogen (secondary N) is 1. The molecule has 8 heteroatoms. The lowest BCUT2D eigenvalue weighted by Gasteiger charge is -2.28. The van der Waals surface area contributed by atoms with E-state index < -0.39 is 5.97 Å². The summed E-state index contributed by atoms with van der Waals surface area (Å²) in [4.78, 5) is 31.4. The van der Waals surface area contributed by atoms with Gasteiger partial charge in [-0.15, -0.1) is 0 Å². The summed E-state index contributed by atoms with van der Waals surface area (Å²) in [6.07, 6.45) is 0.256. The zero-order valence-electron chi connectivity index (χ0n) is 19.8. The van der Waals surface area contributed by atoms with Gasteiger partial charge in [0.05, 0.1) is 43.0 Å². The molecule has 4 aromatic rings. The van der Waals surface area contributed by atoms with Gasteiger partial charge in [0.2, 0.25) is 5.56 Å².